The maximum absolute atomic E-state index is 3.17. The first-order chi connectivity index (χ1) is 38.2. The van der Waals surface area contributed by atoms with Crippen molar-refractivity contribution in [1.82, 2.24) is 0 Å². The van der Waals surface area contributed by atoms with Crippen molar-refractivity contribution >= 4 is 0 Å². The molecule has 0 saturated heterocycles. The zero-order chi connectivity index (χ0) is 62.6. The van der Waals surface area contributed by atoms with Crippen LogP contribution in [0.2, 0.25) is 0 Å². The number of hydrogen-bond acceptors (Lipinski definition) is 0. The molecule has 9 aromatic carbocycles. The van der Waals surface area contributed by atoms with Gasteiger partial charge in [0.15, 0.2) is 0 Å². The Hall–Kier alpha value is -2.60. The van der Waals surface area contributed by atoms with E-state index in [2.05, 4.69) is 321 Å². The summed E-state index contributed by atoms with van der Waals surface area (Å²) in [5, 5.41) is 0. The SMILES string of the molecule is Cc1[c-]cc(C)c(C)c1.Cc1[c-]cc(C)c(C)c1.Cc1c[c-]c(C)c(C)c1.Cc1c[c-]cc(C)c1C.Cc1cc(C)c(C)cc1C.Cc1ccc(C)c(C)c1.Cc1ccc(C)c(C)c1.Cc1ccc(C)c(C)c1.Cc1cccc(C)c1C.[Y].[Y].[Y].[Y]. The smallest absolute Gasteiger partial charge is 0 e. The fraction of sp³-hybridized carbons (Fsp3) is 0.341. The molecular formula is C82H106Y4-4. The van der Waals surface area contributed by atoms with Gasteiger partial charge in [-0.05, 0) is 183 Å². The second-order valence-electron chi connectivity index (χ2n) is 23.2. The van der Waals surface area contributed by atoms with Crippen molar-refractivity contribution in [2.75, 3.05) is 0 Å². The zero-order valence-corrected chi connectivity index (χ0v) is 70.4. The van der Waals surface area contributed by atoms with Gasteiger partial charge >= 0.3 is 0 Å². The van der Waals surface area contributed by atoms with E-state index in [-0.39, 0.29) is 131 Å². The van der Waals surface area contributed by atoms with Crippen LogP contribution in [0.15, 0.2) is 133 Å². The molecule has 4 heteroatoms. The summed E-state index contributed by atoms with van der Waals surface area (Å²) in [7, 11) is 0. The van der Waals surface area contributed by atoms with E-state index in [4.69, 9.17) is 0 Å². The molecule has 0 atom stereocenters. The summed E-state index contributed by atoms with van der Waals surface area (Å²) >= 11 is 0. The third-order valence-corrected chi connectivity index (χ3v) is 15.5. The van der Waals surface area contributed by atoms with Gasteiger partial charge in [-0.3, -0.25) is 0 Å². The number of rotatable bonds is 0. The zero-order valence-electron chi connectivity index (χ0n) is 59.0. The Morgan fingerprint density at radius 2 is 0.477 bits per heavy atom. The molecule has 0 aromatic heterocycles. The minimum absolute atomic E-state index is 0. The molecule has 0 amide bonds. The van der Waals surface area contributed by atoms with E-state index in [9.17, 15) is 0 Å². The predicted molar refractivity (Wildman–Crippen MR) is 366 cm³/mol. The van der Waals surface area contributed by atoms with Gasteiger partial charge in [-0.15, -0.1) is 0 Å². The van der Waals surface area contributed by atoms with E-state index in [0.29, 0.717) is 0 Å². The van der Waals surface area contributed by atoms with E-state index in [1.807, 2.05) is 30.3 Å². The molecule has 0 nitrogen and oxygen atoms in total. The predicted octanol–water partition coefficient (Wildman–Crippen LogP) is 23.0. The van der Waals surface area contributed by atoms with Crippen molar-refractivity contribution in [3.05, 3.63) is 314 Å². The molecule has 0 unspecified atom stereocenters. The molecule has 0 fully saturated rings. The molecule has 9 aromatic rings. The number of hydrogen-bond donors (Lipinski definition) is 0. The quantitative estimate of drug-likeness (QED) is 0.133. The Morgan fingerprint density at radius 1 is 0.198 bits per heavy atom. The topological polar surface area (TPSA) is 0 Å². The van der Waals surface area contributed by atoms with E-state index in [0.717, 1.165) is 0 Å². The Balaban J connectivity index is -0.000000437. The van der Waals surface area contributed by atoms with Gasteiger partial charge in [0.2, 0.25) is 0 Å². The first kappa shape index (κ1) is 89.8. The van der Waals surface area contributed by atoms with E-state index >= 15 is 0 Å². The summed E-state index contributed by atoms with van der Waals surface area (Å²) in [4.78, 5) is 0. The standard InChI is InChI=1S/C10H14.3C9H12.3C9H11.C9H12.C9H11.4Y/c1-7-5-9(3)10(4)6-8(7)2;6*1-7-4-5-8(2)9(3)6-7;2*1-7-5-4-6-8(2)9(7)3;;;;/h5-6H,1-4H3;3*4-6H,1-3H3;2*5-6H,1-3H3;4,6H,1-3H3;4-6H,1-3H3;5-6H,1-3H3;;;;/q;;;;3*-1;;-1;;;;. The molecule has 4 radical (unpaired) electrons. The van der Waals surface area contributed by atoms with Crippen LogP contribution in [-0.4, -0.2) is 0 Å². The first-order valence-corrected chi connectivity index (χ1v) is 29.2. The van der Waals surface area contributed by atoms with Crippen molar-refractivity contribution in [2.45, 2.75) is 194 Å². The third-order valence-electron chi connectivity index (χ3n) is 15.5. The monoisotopic (exact) mass is 1450 g/mol. The Bertz CT molecular complexity index is 2870. The minimum atomic E-state index is 0. The van der Waals surface area contributed by atoms with E-state index < -0.39 is 0 Å². The molecule has 0 heterocycles. The third kappa shape index (κ3) is 36.9. The molecule has 86 heavy (non-hydrogen) atoms. The summed E-state index contributed by atoms with van der Waals surface area (Å²) in [6.07, 6.45) is 0. The van der Waals surface area contributed by atoms with Gasteiger partial charge in [0, 0.05) is 131 Å². The molecule has 0 N–H and O–H groups in total. The van der Waals surface area contributed by atoms with Gasteiger partial charge in [0.05, 0.1) is 0 Å². The summed E-state index contributed by atoms with van der Waals surface area (Å²) < 4.78 is 0. The van der Waals surface area contributed by atoms with Crippen LogP contribution in [0.1, 0.15) is 156 Å². The summed E-state index contributed by atoms with van der Waals surface area (Å²) in [6, 6.07) is 59.5. The molecule has 9 rings (SSSR count). The number of benzene rings is 9. The number of aryl methyl sites for hydroxylation is 26. The van der Waals surface area contributed by atoms with Gasteiger partial charge in [-0.25, -0.2) is 0 Å². The average Bonchev–Trinajstić information content (AvgIpc) is 3.41. The molecule has 0 saturated carbocycles. The maximum Gasteiger partial charge on any atom is 0 e. The molecule has 0 aliphatic heterocycles. The van der Waals surface area contributed by atoms with Gasteiger partial charge in [-0.2, -0.15) is 140 Å². The van der Waals surface area contributed by atoms with Crippen LogP contribution >= 0.6 is 0 Å². The average molecular weight is 1450 g/mol. The summed E-state index contributed by atoms with van der Waals surface area (Å²) in [6.45, 7) is 59.4. The molecular weight excluding hydrogens is 1340 g/mol. The van der Waals surface area contributed by atoms with Crippen LogP contribution in [0, 0.1) is 218 Å². The van der Waals surface area contributed by atoms with Crippen LogP contribution in [0.3, 0.4) is 0 Å². The Kier molecular flexibility index (Phi) is 49.4. The van der Waals surface area contributed by atoms with Crippen molar-refractivity contribution < 1.29 is 131 Å². The van der Waals surface area contributed by atoms with Crippen molar-refractivity contribution in [3.8, 4) is 0 Å². The van der Waals surface area contributed by atoms with Crippen LogP contribution in [0.25, 0.3) is 0 Å². The van der Waals surface area contributed by atoms with Crippen LogP contribution < -0.4 is 0 Å². The minimum Gasteiger partial charge on any atom is -0.183 e. The Morgan fingerprint density at radius 3 is 0.709 bits per heavy atom. The second kappa shape index (κ2) is 47.3. The second-order valence-corrected chi connectivity index (χ2v) is 23.2. The van der Waals surface area contributed by atoms with Gasteiger partial charge < -0.3 is 0 Å². The molecule has 450 valence electrons. The van der Waals surface area contributed by atoms with E-state index in [1.54, 1.807) is 0 Å². The fourth-order valence-corrected chi connectivity index (χ4v) is 7.96. The first-order valence-electron chi connectivity index (χ1n) is 29.2. The molecule has 0 spiro atoms. The van der Waals surface area contributed by atoms with Gasteiger partial charge in [0.1, 0.15) is 0 Å². The van der Waals surface area contributed by atoms with Gasteiger partial charge in [-0.1, -0.05) is 185 Å². The van der Waals surface area contributed by atoms with Crippen LogP contribution in [-0.2, 0) is 131 Å². The normalized spacial score (nSPS) is 9.26. The molecule has 0 bridgehead atoms. The maximum atomic E-state index is 3.17. The van der Waals surface area contributed by atoms with Crippen molar-refractivity contribution in [2.24, 2.45) is 0 Å². The van der Waals surface area contributed by atoms with Crippen LogP contribution in [0.4, 0.5) is 0 Å². The van der Waals surface area contributed by atoms with Crippen molar-refractivity contribution in [3.63, 3.8) is 0 Å². The largest absolute Gasteiger partial charge is 0.183 e. The summed E-state index contributed by atoms with van der Waals surface area (Å²) in [5.74, 6) is 0. The van der Waals surface area contributed by atoms with Gasteiger partial charge in [0.25, 0.3) is 0 Å². The Labute approximate surface area is 630 Å². The summed E-state index contributed by atoms with van der Waals surface area (Å²) in [5.41, 5.74) is 37.8. The van der Waals surface area contributed by atoms with Crippen LogP contribution in [0.5, 0.6) is 0 Å². The van der Waals surface area contributed by atoms with E-state index in [1.165, 1.54) is 156 Å². The molecule has 0 aliphatic carbocycles. The fourth-order valence-electron chi connectivity index (χ4n) is 7.96. The van der Waals surface area contributed by atoms with Crippen molar-refractivity contribution in [1.29, 1.82) is 0 Å². The molecule has 0 aliphatic rings.